The number of hydrogen-bond acceptors (Lipinski definition) is 2. The molecule has 0 aliphatic rings. The van der Waals surface area contributed by atoms with Crippen LogP contribution in [0, 0.1) is 20.8 Å². The number of thioether (sulfide) groups is 1. The monoisotopic (exact) mass is 347 g/mol. The fourth-order valence-corrected chi connectivity index (χ4v) is 3.66. The molecular weight excluding hydrogens is 326 g/mol. The van der Waals surface area contributed by atoms with Crippen LogP contribution in [0.5, 0.6) is 0 Å². The first-order valence-corrected chi connectivity index (χ1v) is 8.97. The van der Waals surface area contributed by atoms with Gasteiger partial charge in [0.1, 0.15) is 0 Å². The van der Waals surface area contributed by atoms with E-state index in [0.717, 1.165) is 28.1 Å². The first kappa shape index (κ1) is 17.9. The summed E-state index contributed by atoms with van der Waals surface area (Å²) in [6.07, 6.45) is 0.767. The fraction of sp³-hybridized carbons (Fsp3) is 0.316. The van der Waals surface area contributed by atoms with Crippen molar-refractivity contribution >= 4 is 35.0 Å². The van der Waals surface area contributed by atoms with Crippen LogP contribution in [0.4, 0.5) is 5.69 Å². The van der Waals surface area contributed by atoms with Crippen LogP contribution in [0.3, 0.4) is 0 Å². The van der Waals surface area contributed by atoms with E-state index in [-0.39, 0.29) is 11.2 Å². The Bertz CT molecular complexity index is 674. The predicted molar refractivity (Wildman–Crippen MR) is 101 cm³/mol. The molecule has 4 heteroatoms. The van der Waals surface area contributed by atoms with Crippen LogP contribution in [-0.2, 0) is 4.79 Å². The maximum absolute atomic E-state index is 12.6. The highest BCUT2D eigenvalue weighted by molar-refractivity contribution is 8.00. The summed E-state index contributed by atoms with van der Waals surface area (Å²) in [4.78, 5) is 13.7. The zero-order valence-electron chi connectivity index (χ0n) is 13.9. The second-order valence-corrected chi connectivity index (χ2v) is 7.44. The summed E-state index contributed by atoms with van der Waals surface area (Å²) in [5, 5.41) is 3.68. The lowest BCUT2D eigenvalue weighted by molar-refractivity contribution is -0.115. The molecule has 0 aliphatic carbocycles. The summed E-state index contributed by atoms with van der Waals surface area (Å²) in [7, 11) is 0. The highest BCUT2D eigenvalue weighted by Gasteiger charge is 2.19. The number of nitrogens with one attached hydrogen (secondary N) is 1. The predicted octanol–water partition coefficient (Wildman–Crippen LogP) is 5.77. The molecule has 1 N–H and O–H groups in total. The van der Waals surface area contributed by atoms with Crippen molar-refractivity contribution in [2.45, 2.75) is 44.3 Å². The lowest BCUT2D eigenvalue weighted by Crippen LogP contribution is -2.25. The minimum Gasteiger partial charge on any atom is -0.325 e. The van der Waals surface area contributed by atoms with Crippen molar-refractivity contribution in [2.24, 2.45) is 0 Å². The minimum atomic E-state index is -0.128. The Morgan fingerprint density at radius 3 is 2.22 bits per heavy atom. The average Bonchev–Trinajstić information content (AvgIpc) is 2.50. The molecule has 2 aromatic carbocycles. The number of aryl methyl sites for hydroxylation is 3. The Hall–Kier alpha value is -1.45. The number of carbonyl (C=O) groups is 1. The minimum absolute atomic E-state index is 0.0440. The lowest BCUT2D eigenvalue weighted by atomic mass is 10.0. The van der Waals surface area contributed by atoms with Gasteiger partial charge in [-0.3, -0.25) is 4.79 Å². The second kappa shape index (κ2) is 7.89. The van der Waals surface area contributed by atoms with Gasteiger partial charge in [0, 0.05) is 15.6 Å². The van der Waals surface area contributed by atoms with Crippen molar-refractivity contribution < 1.29 is 4.79 Å². The maximum Gasteiger partial charge on any atom is 0.237 e. The molecule has 0 bridgehead atoms. The normalized spacial score (nSPS) is 12.0. The van der Waals surface area contributed by atoms with Crippen LogP contribution in [0.25, 0.3) is 0 Å². The Morgan fingerprint density at radius 2 is 1.70 bits per heavy atom. The van der Waals surface area contributed by atoms with Crippen molar-refractivity contribution in [3.05, 3.63) is 58.1 Å². The summed E-state index contributed by atoms with van der Waals surface area (Å²) >= 11 is 7.48. The molecule has 0 aliphatic heterocycles. The van der Waals surface area contributed by atoms with E-state index >= 15 is 0 Å². The Kier molecular flexibility index (Phi) is 6.14. The summed E-state index contributed by atoms with van der Waals surface area (Å²) in [6, 6.07) is 11.8. The van der Waals surface area contributed by atoms with E-state index < -0.39 is 0 Å². The van der Waals surface area contributed by atoms with E-state index in [2.05, 4.69) is 24.4 Å². The molecular formula is C19H22ClNOS. The zero-order valence-corrected chi connectivity index (χ0v) is 15.5. The summed E-state index contributed by atoms with van der Waals surface area (Å²) in [5.74, 6) is 0.0440. The molecule has 0 radical (unpaired) electrons. The maximum atomic E-state index is 12.6. The highest BCUT2D eigenvalue weighted by atomic mass is 35.5. The third kappa shape index (κ3) is 4.76. The van der Waals surface area contributed by atoms with E-state index in [9.17, 15) is 4.79 Å². The van der Waals surface area contributed by atoms with E-state index in [1.807, 2.05) is 45.0 Å². The van der Waals surface area contributed by atoms with Gasteiger partial charge in [-0.2, -0.15) is 0 Å². The number of amides is 1. The van der Waals surface area contributed by atoms with Crippen LogP contribution >= 0.6 is 23.4 Å². The van der Waals surface area contributed by atoms with Crippen molar-refractivity contribution in [3.8, 4) is 0 Å². The van der Waals surface area contributed by atoms with Crippen LogP contribution in [0.15, 0.2) is 41.3 Å². The van der Waals surface area contributed by atoms with E-state index in [1.54, 1.807) is 11.8 Å². The Balaban J connectivity index is 2.13. The van der Waals surface area contributed by atoms with E-state index in [1.165, 1.54) is 5.56 Å². The zero-order chi connectivity index (χ0) is 17.0. The molecule has 0 spiro atoms. The molecule has 2 rings (SSSR count). The molecule has 1 amide bonds. The molecule has 122 valence electrons. The summed E-state index contributed by atoms with van der Waals surface area (Å²) in [6.45, 7) is 8.16. The molecule has 1 atom stereocenters. The number of carbonyl (C=O) groups excluding carboxylic acids is 1. The molecule has 0 saturated carbocycles. The van der Waals surface area contributed by atoms with Gasteiger partial charge in [0.2, 0.25) is 5.91 Å². The quantitative estimate of drug-likeness (QED) is 0.695. The molecule has 0 heterocycles. The first-order valence-electron chi connectivity index (χ1n) is 7.71. The number of benzene rings is 2. The largest absolute Gasteiger partial charge is 0.325 e. The first-order chi connectivity index (χ1) is 10.9. The number of anilines is 1. The van der Waals surface area contributed by atoms with Gasteiger partial charge in [-0.1, -0.05) is 36.2 Å². The SMILES string of the molecule is CCC(Sc1ccc(Cl)cc1)C(=O)Nc1c(C)cc(C)cc1C. The van der Waals surface area contributed by atoms with Gasteiger partial charge < -0.3 is 5.32 Å². The van der Waals surface area contributed by atoms with Crippen LogP contribution < -0.4 is 5.32 Å². The topological polar surface area (TPSA) is 29.1 Å². The fourth-order valence-electron chi connectivity index (χ4n) is 2.58. The van der Waals surface area contributed by atoms with Gasteiger partial charge >= 0.3 is 0 Å². The van der Waals surface area contributed by atoms with E-state index in [4.69, 9.17) is 11.6 Å². The van der Waals surface area contributed by atoms with Gasteiger partial charge in [-0.25, -0.2) is 0 Å². The molecule has 0 fully saturated rings. The third-order valence-corrected chi connectivity index (χ3v) is 5.31. The lowest BCUT2D eigenvalue weighted by Gasteiger charge is -2.18. The summed E-state index contributed by atoms with van der Waals surface area (Å²) < 4.78 is 0. The smallest absolute Gasteiger partial charge is 0.237 e. The highest BCUT2D eigenvalue weighted by Crippen LogP contribution is 2.29. The van der Waals surface area contributed by atoms with Crippen molar-refractivity contribution in [1.29, 1.82) is 0 Å². The van der Waals surface area contributed by atoms with Crippen LogP contribution in [0.1, 0.15) is 30.0 Å². The van der Waals surface area contributed by atoms with Gasteiger partial charge in [0.15, 0.2) is 0 Å². The van der Waals surface area contributed by atoms with Gasteiger partial charge in [-0.15, -0.1) is 11.8 Å². The molecule has 2 nitrogen and oxygen atoms in total. The van der Waals surface area contributed by atoms with Crippen molar-refractivity contribution in [2.75, 3.05) is 5.32 Å². The van der Waals surface area contributed by atoms with Crippen LogP contribution in [0.2, 0.25) is 5.02 Å². The Labute approximate surface area is 147 Å². The number of hydrogen-bond donors (Lipinski definition) is 1. The molecule has 23 heavy (non-hydrogen) atoms. The third-order valence-electron chi connectivity index (χ3n) is 3.68. The average molecular weight is 348 g/mol. The van der Waals surface area contributed by atoms with Gasteiger partial charge in [0.05, 0.1) is 5.25 Å². The number of rotatable bonds is 5. The van der Waals surface area contributed by atoms with Crippen LogP contribution in [-0.4, -0.2) is 11.2 Å². The molecule has 1 unspecified atom stereocenters. The molecule has 0 aromatic heterocycles. The Morgan fingerprint density at radius 1 is 1.13 bits per heavy atom. The summed E-state index contributed by atoms with van der Waals surface area (Å²) in [5.41, 5.74) is 4.33. The van der Waals surface area contributed by atoms with Crippen molar-refractivity contribution in [1.82, 2.24) is 0 Å². The van der Waals surface area contributed by atoms with E-state index in [0.29, 0.717) is 5.02 Å². The molecule has 2 aromatic rings. The molecule has 0 saturated heterocycles. The van der Waals surface area contributed by atoms with Gasteiger partial charge in [0.25, 0.3) is 0 Å². The van der Waals surface area contributed by atoms with Crippen molar-refractivity contribution in [3.63, 3.8) is 0 Å². The standard InChI is InChI=1S/C19H22ClNOS/c1-5-17(23-16-8-6-15(20)7-9-16)19(22)21-18-13(3)10-12(2)11-14(18)4/h6-11,17H,5H2,1-4H3,(H,21,22). The van der Waals surface area contributed by atoms with Gasteiger partial charge in [-0.05, 0) is 62.6 Å². The number of halogens is 1. The second-order valence-electron chi connectivity index (χ2n) is 5.73.